The average molecular weight is 306 g/mol. The van der Waals surface area contributed by atoms with Gasteiger partial charge in [0.2, 0.25) is 0 Å². The minimum atomic E-state index is -0.406. The van der Waals surface area contributed by atoms with Gasteiger partial charge in [0.1, 0.15) is 0 Å². The highest BCUT2D eigenvalue weighted by atomic mass is 16.5. The Morgan fingerprint density at radius 3 is 2.00 bits per heavy atom. The fourth-order valence-electron chi connectivity index (χ4n) is 2.01. The molecule has 122 valence electrons. The maximum Gasteiger partial charge on any atom is 0.338 e. The van der Waals surface area contributed by atoms with Crippen LogP contribution in [0.25, 0.3) is 0 Å². The number of rotatable bonds is 10. The molecule has 0 saturated carbocycles. The van der Waals surface area contributed by atoms with Crippen LogP contribution in [0, 0.1) is 0 Å². The number of hydrogen-bond acceptors (Lipinski definition) is 4. The van der Waals surface area contributed by atoms with Gasteiger partial charge < -0.3 is 9.47 Å². The Bertz CT molecular complexity index is 468. The lowest BCUT2D eigenvalue weighted by atomic mass is 10.1. The van der Waals surface area contributed by atoms with Gasteiger partial charge in [-0.3, -0.25) is 0 Å². The Morgan fingerprint density at radius 1 is 0.818 bits per heavy atom. The Labute approximate surface area is 132 Å². The van der Waals surface area contributed by atoms with Crippen molar-refractivity contribution >= 4 is 11.9 Å². The molecule has 0 aliphatic heterocycles. The van der Waals surface area contributed by atoms with Crippen molar-refractivity contribution in [3.05, 3.63) is 35.4 Å². The van der Waals surface area contributed by atoms with E-state index in [1.165, 1.54) is 25.3 Å². The molecule has 0 aliphatic rings. The second kappa shape index (κ2) is 10.8. The maximum absolute atomic E-state index is 11.9. The van der Waals surface area contributed by atoms with E-state index in [2.05, 4.69) is 6.92 Å². The number of unbranched alkanes of at least 4 members (excludes halogenated alkanes) is 4. The summed E-state index contributed by atoms with van der Waals surface area (Å²) < 4.78 is 10.3. The summed E-state index contributed by atoms with van der Waals surface area (Å²) in [6.45, 7) is 4.90. The first-order chi connectivity index (χ1) is 10.7. The van der Waals surface area contributed by atoms with E-state index < -0.39 is 5.97 Å². The first-order valence-corrected chi connectivity index (χ1v) is 8.13. The van der Waals surface area contributed by atoms with Gasteiger partial charge in [0.25, 0.3) is 0 Å². The van der Waals surface area contributed by atoms with E-state index >= 15 is 0 Å². The van der Waals surface area contributed by atoms with Crippen molar-refractivity contribution in [3.8, 4) is 0 Å². The fourth-order valence-corrected chi connectivity index (χ4v) is 2.01. The Morgan fingerprint density at radius 2 is 1.41 bits per heavy atom. The van der Waals surface area contributed by atoms with Crippen LogP contribution in [0.5, 0.6) is 0 Å². The molecule has 0 saturated heterocycles. The summed E-state index contributed by atoms with van der Waals surface area (Å²) in [5.74, 6) is -0.795. The van der Waals surface area contributed by atoms with Gasteiger partial charge in [-0.25, -0.2) is 9.59 Å². The van der Waals surface area contributed by atoms with Crippen LogP contribution in [0.4, 0.5) is 0 Å². The lowest BCUT2D eigenvalue weighted by Gasteiger charge is -2.07. The van der Waals surface area contributed by atoms with Crippen molar-refractivity contribution in [2.75, 3.05) is 13.2 Å². The second-order valence-electron chi connectivity index (χ2n) is 5.27. The van der Waals surface area contributed by atoms with Crippen LogP contribution in [0.15, 0.2) is 24.3 Å². The molecule has 22 heavy (non-hydrogen) atoms. The zero-order valence-electron chi connectivity index (χ0n) is 13.6. The molecule has 0 radical (unpaired) electrons. The standard InChI is InChI=1S/C18H26O4/c1-3-5-6-7-8-13-22-18(20)16-11-9-10-15(14-16)17(19)21-12-4-2/h9-11,14H,3-8,12-13H2,1-2H3. The first kappa shape index (κ1) is 18.2. The molecule has 0 aliphatic carbocycles. The predicted molar refractivity (Wildman–Crippen MR) is 86.1 cm³/mol. The summed E-state index contributed by atoms with van der Waals surface area (Å²) in [6.07, 6.45) is 6.31. The van der Waals surface area contributed by atoms with E-state index in [0.29, 0.717) is 24.3 Å². The second-order valence-corrected chi connectivity index (χ2v) is 5.27. The van der Waals surface area contributed by atoms with Crippen LogP contribution >= 0.6 is 0 Å². The van der Waals surface area contributed by atoms with Crippen molar-refractivity contribution < 1.29 is 19.1 Å². The molecule has 0 bridgehead atoms. The van der Waals surface area contributed by atoms with Crippen LogP contribution in [-0.2, 0) is 9.47 Å². The third-order valence-corrected chi connectivity index (χ3v) is 3.25. The molecule has 0 aromatic heterocycles. The molecular formula is C18H26O4. The van der Waals surface area contributed by atoms with E-state index in [0.717, 1.165) is 19.3 Å². The molecule has 4 nitrogen and oxygen atoms in total. The number of carbonyl (C=O) groups is 2. The van der Waals surface area contributed by atoms with E-state index in [-0.39, 0.29) is 5.97 Å². The third kappa shape index (κ3) is 6.74. The van der Waals surface area contributed by atoms with E-state index in [1.807, 2.05) is 6.92 Å². The molecular weight excluding hydrogens is 280 g/mol. The van der Waals surface area contributed by atoms with Gasteiger partial charge in [-0.05, 0) is 31.0 Å². The molecule has 0 heterocycles. The summed E-state index contributed by atoms with van der Waals surface area (Å²) >= 11 is 0. The molecule has 0 N–H and O–H groups in total. The van der Waals surface area contributed by atoms with Crippen LogP contribution in [0.3, 0.4) is 0 Å². The number of ether oxygens (including phenoxy) is 2. The van der Waals surface area contributed by atoms with Crippen molar-refractivity contribution in [3.63, 3.8) is 0 Å². The number of benzene rings is 1. The normalized spacial score (nSPS) is 10.3. The van der Waals surface area contributed by atoms with Crippen LogP contribution < -0.4 is 0 Å². The molecule has 1 aromatic rings. The Hall–Kier alpha value is -1.84. The van der Waals surface area contributed by atoms with Crippen LogP contribution in [0.2, 0.25) is 0 Å². The quantitative estimate of drug-likeness (QED) is 0.475. The third-order valence-electron chi connectivity index (χ3n) is 3.25. The van der Waals surface area contributed by atoms with Crippen molar-refractivity contribution in [2.24, 2.45) is 0 Å². The van der Waals surface area contributed by atoms with E-state index in [1.54, 1.807) is 18.2 Å². The van der Waals surface area contributed by atoms with E-state index in [9.17, 15) is 9.59 Å². The van der Waals surface area contributed by atoms with E-state index in [4.69, 9.17) is 9.47 Å². The molecule has 0 spiro atoms. The van der Waals surface area contributed by atoms with Crippen molar-refractivity contribution in [1.82, 2.24) is 0 Å². The highest BCUT2D eigenvalue weighted by molar-refractivity contribution is 5.95. The lowest BCUT2D eigenvalue weighted by Crippen LogP contribution is -2.10. The summed E-state index contributed by atoms with van der Waals surface area (Å²) in [7, 11) is 0. The topological polar surface area (TPSA) is 52.6 Å². The molecule has 1 rings (SSSR count). The number of hydrogen-bond donors (Lipinski definition) is 0. The highest BCUT2D eigenvalue weighted by Gasteiger charge is 2.12. The number of esters is 2. The van der Waals surface area contributed by atoms with Crippen LogP contribution in [-0.4, -0.2) is 25.2 Å². The highest BCUT2D eigenvalue weighted by Crippen LogP contribution is 2.10. The van der Waals surface area contributed by atoms with Gasteiger partial charge in [0, 0.05) is 0 Å². The number of carbonyl (C=O) groups excluding carboxylic acids is 2. The predicted octanol–water partition coefficient (Wildman–Crippen LogP) is 4.38. The molecule has 1 aromatic carbocycles. The van der Waals surface area contributed by atoms with Gasteiger partial charge in [0.15, 0.2) is 0 Å². The fraction of sp³-hybridized carbons (Fsp3) is 0.556. The molecule has 0 unspecified atom stereocenters. The molecule has 4 heteroatoms. The molecule has 0 amide bonds. The first-order valence-electron chi connectivity index (χ1n) is 8.13. The minimum Gasteiger partial charge on any atom is -0.462 e. The molecule has 0 fully saturated rings. The summed E-state index contributed by atoms with van der Waals surface area (Å²) in [5, 5.41) is 0. The summed E-state index contributed by atoms with van der Waals surface area (Å²) in [4.78, 5) is 23.7. The zero-order valence-corrected chi connectivity index (χ0v) is 13.6. The monoisotopic (exact) mass is 306 g/mol. The largest absolute Gasteiger partial charge is 0.462 e. The Kier molecular flexibility index (Phi) is 8.96. The minimum absolute atomic E-state index is 0.380. The van der Waals surface area contributed by atoms with Gasteiger partial charge in [-0.1, -0.05) is 45.6 Å². The zero-order chi connectivity index (χ0) is 16.2. The van der Waals surface area contributed by atoms with Crippen molar-refractivity contribution in [1.29, 1.82) is 0 Å². The van der Waals surface area contributed by atoms with Gasteiger partial charge >= 0.3 is 11.9 Å². The SMILES string of the molecule is CCCCCCCOC(=O)c1cccc(C(=O)OCCC)c1. The summed E-state index contributed by atoms with van der Waals surface area (Å²) in [5.41, 5.74) is 0.769. The lowest BCUT2D eigenvalue weighted by molar-refractivity contribution is 0.0497. The van der Waals surface area contributed by atoms with Gasteiger partial charge in [-0.2, -0.15) is 0 Å². The maximum atomic E-state index is 11.9. The van der Waals surface area contributed by atoms with Gasteiger partial charge in [0.05, 0.1) is 24.3 Å². The average Bonchev–Trinajstić information content (AvgIpc) is 2.55. The smallest absolute Gasteiger partial charge is 0.338 e. The Balaban J connectivity index is 2.43. The van der Waals surface area contributed by atoms with Crippen LogP contribution in [0.1, 0.15) is 73.1 Å². The van der Waals surface area contributed by atoms with Crippen molar-refractivity contribution in [2.45, 2.75) is 52.4 Å². The molecule has 0 atom stereocenters. The summed E-state index contributed by atoms with van der Waals surface area (Å²) in [6, 6.07) is 6.48. The van der Waals surface area contributed by atoms with Gasteiger partial charge in [-0.15, -0.1) is 0 Å².